The van der Waals surface area contributed by atoms with Gasteiger partial charge in [-0.05, 0) is 45.4 Å². The van der Waals surface area contributed by atoms with Gasteiger partial charge in [0, 0.05) is 46.3 Å². The summed E-state index contributed by atoms with van der Waals surface area (Å²) in [7, 11) is 1.89. The molecule has 6 nitrogen and oxygen atoms in total. The Labute approximate surface area is 163 Å². The summed E-state index contributed by atoms with van der Waals surface area (Å²) in [5, 5.41) is 3.36. The van der Waals surface area contributed by atoms with E-state index >= 15 is 0 Å². The van der Waals surface area contributed by atoms with Crippen molar-refractivity contribution in [1.29, 1.82) is 0 Å². The Morgan fingerprint density at radius 1 is 1.15 bits per heavy atom. The summed E-state index contributed by atoms with van der Waals surface area (Å²) in [6.07, 6.45) is 0. The number of hydrogen-bond donors (Lipinski definition) is 1. The van der Waals surface area contributed by atoms with Crippen LogP contribution in [-0.4, -0.2) is 75.2 Å². The number of carbonyl (C=O) groups is 1. The van der Waals surface area contributed by atoms with Gasteiger partial charge in [-0.3, -0.25) is 9.69 Å². The Morgan fingerprint density at radius 3 is 2.41 bits per heavy atom. The number of rotatable bonds is 9. The van der Waals surface area contributed by atoms with Gasteiger partial charge in [0.2, 0.25) is 5.91 Å². The molecule has 0 aromatic heterocycles. The average Bonchev–Trinajstić information content (AvgIpc) is 2.68. The Bertz CT molecular complexity index is 613. The van der Waals surface area contributed by atoms with E-state index < -0.39 is 5.41 Å². The molecule has 0 radical (unpaired) electrons. The maximum atomic E-state index is 13.1. The van der Waals surface area contributed by atoms with E-state index in [0.29, 0.717) is 19.0 Å². The molecule has 1 amide bonds. The lowest BCUT2D eigenvalue weighted by atomic mass is 9.83. The van der Waals surface area contributed by atoms with E-state index in [1.54, 1.807) is 0 Å². The summed E-state index contributed by atoms with van der Waals surface area (Å²) in [5.74, 6) is 1.53. The van der Waals surface area contributed by atoms with E-state index in [1.165, 1.54) is 0 Å². The normalized spacial score (nSPS) is 15.4. The van der Waals surface area contributed by atoms with Crippen LogP contribution in [0.15, 0.2) is 18.2 Å². The molecule has 0 spiro atoms. The van der Waals surface area contributed by atoms with Crippen molar-refractivity contribution < 1.29 is 14.3 Å². The van der Waals surface area contributed by atoms with Gasteiger partial charge in [0.1, 0.15) is 0 Å². The standard InChI is InChI=1S/C21H35N3O3/c1-6-26-18-9-8-17(16-19(18)27-7-2)21(3,4)20(25)23(5)14-15-24-12-10-22-11-13-24/h8-9,16,22H,6-7,10-15H2,1-5H3. The second kappa shape index (κ2) is 9.95. The summed E-state index contributed by atoms with van der Waals surface area (Å²) >= 11 is 0. The van der Waals surface area contributed by atoms with Crippen LogP contribution in [0.5, 0.6) is 11.5 Å². The number of carbonyl (C=O) groups excluding carboxylic acids is 1. The number of nitrogens with zero attached hydrogens (tertiary/aromatic N) is 2. The van der Waals surface area contributed by atoms with E-state index in [-0.39, 0.29) is 5.91 Å². The maximum absolute atomic E-state index is 13.1. The van der Waals surface area contributed by atoms with Crippen molar-refractivity contribution in [2.45, 2.75) is 33.1 Å². The SMILES string of the molecule is CCOc1ccc(C(C)(C)C(=O)N(C)CCN2CCNCC2)cc1OCC. The summed E-state index contributed by atoms with van der Waals surface area (Å²) < 4.78 is 11.4. The quantitative estimate of drug-likeness (QED) is 0.714. The largest absolute Gasteiger partial charge is 0.490 e. The maximum Gasteiger partial charge on any atom is 0.232 e. The zero-order valence-corrected chi connectivity index (χ0v) is 17.5. The molecule has 1 aliphatic heterocycles. The molecule has 0 unspecified atom stereocenters. The molecule has 1 N–H and O–H groups in total. The van der Waals surface area contributed by atoms with Crippen molar-refractivity contribution >= 4 is 5.91 Å². The monoisotopic (exact) mass is 377 g/mol. The number of amides is 1. The second-order valence-corrected chi connectivity index (χ2v) is 7.47. The van der Waals surface area contributed by atoms with Gasteiger partial charge >= 0.3 is 0 Å². The number of piperazine rings is 1. The van der Waals surface area contributed by atoms with E-state index in [4.69, 9.17) is 9.47 Å². The lowest BCUT2D eigenvalue weighted by molar-refractivity contribution is -0.135. The highest BCUT2D eigenvalue weighted by Crippen LogP contribution is 2.34. The van der Waals surface area contributed by atoms with Crippen LogP contribution in [0.2, 0.25) is 0 Å². The zero-order valence-electron chi connectivity index (χ0n) is 17.5. The number of hydrogen-bond acceptors (Lipinski definition) is 5. The molecule has 1 aliphatic rings. The first-order chi connectivity index (χ1) is 12.9. The van der Waals surface area contributed by atoms with Crippen LogP contribution in [0.1, 0.15) is 33.3 Å². The van der Waals surface area contributed by atoms with Gasteiger partial charge in [-0.25, -0.2) is 0 Å². The molecule has 0 aliphatic carbocycles. The number of ether oxygens (including phenoxy) is 2. The third-order valence-corrected chi connectivity index (χ3v) is 5.11. The van der Waals surface area contributed by atoms with Crippen molar-refractivity contribution in [1.82, 2.24) is 15.1 Å². The highest BCUT2D eigenvalue weighted by Gasteiger charge is 2.33. The molecule has 1 aromatic rings. The van der Waals surface area contributed by atoms with E-state index in [1.807, 2.05) is 57.8 Å². The Balaban J connectivity index is 2.07. The molecule has 1 aromatic carbocycles. The fourth-order valence-electron chi connectivity index (χ4n) is 3.37. The first-order valence-electron chi connectivity index (χ1n) is 9.98. The van der Waals surface area contributed by atoms with Crippen LogP contribution in [0.25, 0.3) is 0 Å². The van der Waals surface area contributed by atoms with Crippen molar-refractivity contribution in [3.63, 3.8) is 0 Å². The van der Waals surface area contributed by atoms with Gasteiger partial charge in [-0.2, -0.15) is 0 Å². The Hall–Kier alpha value is -1.79. The summed E-state index contributed by atoms with van der Waals surface area (Å²) in [5.41, 5.74) is 0.308. The van der Waals surface area contributed by atoms with Gasteiger partial charge < -0.3 is 19.7 Å². The first-order valence-corrected chi connectivity index (χ1v) is 9.98. The van der Waals surface area contributed by atoms with Crippen LogP contribution in [0.3, 0.4) is 0 Å². The molecule has 0 saturated carbocycles. The smallest absolute Gasteiger partial charge is 0.232 e. The summed E-state index contributed by atoms with van der Waals surface area (Å²) in [4.78, 5) is 17.4. The third kappa shape index (κ3) is 5.59. The zero-order chi connectivity index (χ0) is 19.9. The minimum absolute atomic E-state index is 0.115. The van der Waals surface area contributed by atoms with E-state index in [9.17, 15) is 4.79 Å². The average molecular weight is 378 g/mol. The summed E-state index contributed by atoms with van der Waals surface area (Å²) in [6, 6.07) is 5.81. The number of nitrogens with one attached hydrogen (secondary N) is 1. The van der Waals surface area contributed by atoms with Crippen molar-refractivity contribution in [3.05, 3.63) is 23.8 Å². The molecule has 1 heterocycles. The first kappa shape index (κ1) is 21.5. The van der Waals surface area contributed by atoms with Crippen LogP contribution >= 0.6 is 0 Å². The summed E-state index contributed by atoms with van der Waals surface area (Å²) in [6.45, 7) is 14.8. The number of likely N-dealkylation sites (N-methyl/N-ethyl adjacent to an activating group) is 1. The molecule has 2 rings (SSSR count). The predicted octanol–water partition coefficient (Wildman–Crippen LogP) is 2.13. The molecule has 0 atom stereocenters. The topological polar surface area (TPSA) is 54.0 Å². The molecule has 6 heteroatoms. The van der Waals surface area contributed by atoms with Gasteiger partial charge in [0.15, 0.2) is 11.5 Å². The Morgan fingerprint density at radius 2 is 1.78 bits per heavy atom. The molecule has 1 fully saturated rings. The van der Waals surface area contributed by atoms with Gasteiger partial charge in [-0.1, -0.05) is 6.07 Å². The fraction of sp³-hybridized carbons (Fsp3) is 0.667. The molecule has 27 heavy (non-hydrogen) atoms. The van der Waals surface area contributed by atoms with E-state index in [2.05, 4.69) is 10.2 Å². The lowest BCUT2D eigenvalue weighted by Gasteiger charge is -2.33. The number of benzene rings is 1. The molecule has 0 bridgehead atoms. The highest BCUT2D eigenvalue weighted by atomic mass is 16.5. The minimum atomic E-state index is -0.630. The van der Waals surface area contributed by atoms with Gasteiger partial charge in [-0.15, -0.1) is 0 Å². The highest BCUT2D eigenvalue weighted by molar-refractivity contribution is 5.87. The fourth-order valence-corrected chi connectivity index (χ4v) is 3.37. The van der Waals surface area contributed by atoms with Gasteiger partial charge in [0.25, 0.3) is 0 Å². The van der Waals surface area contributed by atoms with Crippen molar-refractivity contribution in [2.24, 2.45) is 0 Å². The Kier molecular flexibility index (Phi) is 7.92. The van der Waals surface area contributed by atoms with E-state index in [0.717, 1.165) is 50.6 Å². The third-order valence-electron chi connectivity index (χ3n) is 5.11. The van der Waals surface area contributed by atoms with Crippen molar-refractivity contribution in [3.8, 4) is 11.5 Å². The molecular weight excluding hydrogens is 342 g/mol. The van der Waals surface area contributed by atoms with Crippen LogP contribution in [0, 0.1) is 0 Å². The lowest BCUT2D eigenvalue weighted by Crippen LogP contribution is -2.48. The minimum Gasteiger partial charge on any atom is -0.490 e. The van der Waals surface area contributed by atoms with Crippen LogP contribution < -0.4 is 14.8 Å². The van der Waals surface area contributed by atoms with Crippen LogP contribution in [0.4, 0.5) is 0 Å². The molecule has 1 saturated heterocycles. The predicted molar refractivity (Wildman–Crippen MR) is 109 cm³/mol. The molecule has 152 valence electrons. The second-order valence-electron chi connectivity index (χ2n) is 7.47. The van der Waals surface area contributed by atoms with Crippen LogP contribution in [-0.2, 0) is 10.2 Å². The van der Waals surface area contributed by atoms with Crippen molar-refractivity contribution in [2.75, 3.05) is 59.5 Å². The van der Waals surface area contributed by atoms with Gasteiger partial charge in [0.05, 0.1) is 18.6 Å². The molecular formula is C21H35N3O3.